The number of aliphatic carboxylic acids is 1. The summed E-state index contributed by atoms with van der Waals surface area (Å²) in [6.45, 7) is 0.108. The van der Waals surface area contributed by atoms with E-state index >= 15 is 0 Å². The molecule has 28 heavy (non-hydrogen) atoms. The first kappa shape index (κ1) is 17.9. The van der Waals surface area contributed by atoms with Crippen LogP contribution in [0.15, 0.2) is 53.6 Å². The van der Waals surface area contributed by atoms with Crippen molar-refractivity contribution in [1.82, 2.24) is 5.32 Å². The molecule has 3 atom stereocenters. The highest BCUT2D eigenvalue weighted by Gasteiger charge is 2.47. The average molecular weight is 378 g/mol. The first-order valence-electron chi connectivity index (χ1n) is 8.98. The molecule has 0 saturated heterocycles. The van der Waals surface area contributed by atoms with Gasteiger partial charge in [0, 0.05) is 16.9 Å². The summed E-state index contributed by atoms with van der Waals surface area (Å²) in [4.78, 5) is 26.4. The molecule has 0 heterocycles. The third-order valence-electron chi connectivity index (χ3n) is 5.32. The second-order valence-corrected chi connectivity index (χ2v) is 6.96. The van der Waals surface area contributed by atoms with Crippen LogP contribution in [-0.4, -0.2) is 35.9 Å². The summed E-state index contributed by atoms with van der Waals surface area (Å²) in [6.07, 6.45) is -0.356. The van der Waals surface area contributed by atoms with Crippen LogP contribution in [-0.2, 0) is 9.53 Å². The minimum Gasteiger partial charge on any atom is -0.480 e. The molecule has 2 aliphatic rings. The van der Waals surface area contributed by atoms with Crippen LogP contribution in [0.25, 0.3) is 21.6 Å². The quantitative estimate of drug-likeness (QED) is 0.452. The zero-order valence-corrected chi connectivity index (χ0v) is 14.9. The van der Waals surface area contributed by atoms with Crippen molar-refractivity contribution in [3.8, 4) is 11.1 Å². The number of carbonyl (C=O) groups excluding carboxylic acids is 1. The topological polar surface area (TPSA) is 124 Å². The summed E-state index contributed by atoms with van der Waals surface area (Å²) in [6, 6.07) is 14.4. The number of ether oxygens (including phenoxy) is 1. The Labute approximate surface area is 160 Å². The Morgan fingerprint density at radius 2 is 1.79 bits per heavy atom. The van der Waals surface area contributed by atoms with E-state index in [9.17, 15) is 14.7 Å². The maximum absolute atomic E-state index is 12.2. The van der Waals surface area contributed by atoms with Gasteiger partial charge in [-0.25, -0.2) is 9.59 Å². The molecule has 2 aromatic rings. The fraction of sp³-hybridized carbons (Fsp3) is 0.300. The first-order valence-corrected chi connectivity index (χ1v) is 8.98. The van der Waals surface area contributed by atoms with E-state index in [1.165, 1.54) is 0 Å². The zero-order chi connectivity index (χ0) is 19.7. The van der Waals surface area contributed by atoms with Gasteiger partial charge in [-0.15, -0.1) is 0 Å². The Bertz CT molecular complexity index is 940. The van der Waals surface area contributed by atoms with Gasteiger partial charge < -0.3 is 15.2 Å². The van der Waals surface area contributed by atoms with Crippen molar-refractivity contribution in [3.63, 3.8) is 0 Å². The highest BCUT2D eigenvalue weighted by atomic mass is 16.5. The summed E-state index contributed by atoms with van der Waals surface area (Å²) in [5.74, 6) is -1.68. The molecular weight excluding hydrogens is 360 g/mol. The maximum atomic E-state index is 12.2. The van der Waals surface area contributed by atoms with Crippen LogP contribution >= 0.6 is 0 Å². The molecule has 8 nitrogen and oxygen atoms in total. The van der Waals surface area contributed by atoms with Crippen LogP contribution in [0.2, 0.25) is 0 Å². The average Bonchev–Trinajstić information content (AvgIpc) is 3.38. The lowest BCUT2D eigenvalue weighted by molar-refractivity contribution is -0.139. The predicted octanol–water partition coefficient (Wildman–Crippen LogP) is 3.68. The van der Waals surface area contributed by atoms with Gasteiger partial charge in [0.05, 0.1) is 0 Å². The number of nitrogens with zero attached hydrogens (tertiary/aromatic N) is 3. The molecule has 0 aliphatic heterocycles. The van der Waals surface area contributed by atoms with Crippen molar-refractivity contribution in [3.05, 3.63) is 70.1 Å². The molecule has 142 valence electrons. The Morgan fingerprint density at radius 1 is 1.18 bits per heavy atom. The molecule has 4 rings (SSSR count). The second-order valence-electron chi connectivity index (χ2n) is 6.96. The summed E-state index contributed by atoms with van der Waals surface area (Å²) in [5, 5.41) is 15.3. The summed E-state index contributed by atoms with van der Waals surface area (Å²) < 4.78 is 5.38. The fourth-order valence-corrected chi connectivity index (χ4v) is 3.88. The maximum Gasteiger partial charge on any atom is 0.407 e. The van der Waals surface area contributed by atoms with Gasteiger partial charge in [0.25, 0.3) is 0 Å². The number of amides is 1. The molecule has 2 N–H and O–H groups in total. The number of hydrogen-bond acceptors (Lipinski definition) is 4. The third-order valence-corrected chi connectivity index (χ3v) is 5.32. The highest BCUT2D eigenvalue weighted by molar-refractivity contribution is 5.81. The molecule has 0 radical (unpaired) electrons. The number of alkyl carbamates (subject to hydrolysis) is 1. The van der Waals surface area contributed by atoms with Crippen molar-refractivity contribution >= 4 is 12.1 Å². The van der Waals surface area contributed by atoms with E-state index in [1.807, 2.05) is 48.5 Å². The van der Waals surface area contributed by atoms with Gasteiger partial charge in [0.15, 0.2) is 0 Å². The molecule has 2 aromatic carbocycles. The van der Waals surface area contributed by atoms with E-state index in [2.05, 4.69) is 15.3 Å². The van der Waals surface area contributed by atoms with E-state index < -0.39 is 30.1 Å². The number of benzene rings is 2. The largest absolute Gasteiger partial charge is 0.480 e. The Morgan fingerprint density at radius 3 is 2.36 bits per heavy atom. The number of azide groups is 1. The number of carboxylic acids is 1. The van der Waals surface area contributed by atoms with Gasteiger partial charge in [0.1, 0.15) is 12.6 Å². The van der Waals surface area contributed by atoms with Crippen molar-refractivity contribution in [2.24, 2.45) is 11.0 Å². The van der Waals surface area contributed by atoms with Crippen molar-refractivity contribution in [2.75, 3.05) is 6.61 Å². The van der Waals surface area contributed by atoms with Gasteiger partial charge in [0.2, 0.25) is 0 Å². The molecule has 0 bridgehead atoms. The predicted molar refractivity (Wildman–Crippen MR) is 101 cm³/mol. The molecule has 0 spiro atoms. The molecule has 2 aliphatic carbocycles. The van der Waals surface area contributed by atoms with E-state index in [1.54, 1.807) is 0 Å². The lowest BCUT2D eigenvalue weighted by atomic mass is 9.98. The molecule has 1 fully saturated rings. The van der Waals surface area contributed by atoms with Crippen molar-refractivity contribution in [1.29, 1.82) is 0 Å². The minimum atomic E-state index is -1.17. The number of fused-ring (bicyclic) bond motifs is 3. The number of rotatable bonds is 6. The van der Waals surface area contributed by atoms with Crippen LogP contribution < -0.4 is 5.32 Å². The second kappa shape index (κ2) is 7.25. The lowest BCUT2D eigenvalue weighted by Crippen LogP contribution is -2.43. The number of hydrogen-bond donors (Lipinski definition) is 2. The van der Waals surface area contributed by atoms with Crippen LogP contribution in [0.5, 0.6) is 0 Å². The summed E-state index contributed by atoms with van der Waals surface area (Å²) in [7, 11) is 0. The van der Waals surface area contributed by atoms with Gasteiger partial charge >= 0.3 is 12.1 Å². The Hall–Kier alpha value is -3.51. The SMILES string of the molecule is [N-]=[N+]=NC1C[C@H]1[C@H](NC(=O)OCC1c2ccccc2-c2ccccc21)C(=O)O. The number of nitrogens with one attached hydrogen (secondary N) is 1. The number of carboxylic acid groups (broad SMARTS) is 1. The minimum absolute atomic E-state index is 0.0988. The summed E-state index contributed by atoms with van der Waals surface area (Å²) >= 11 is 0. The molecule has 8 heteroatoms. The van der Waals surface area contributed by atoms with E-state index in [0.717, 1.165) is 22.3 Å². The van der Waals surface area contributed by atoms with Gasteiger partial charge in [-0.3, -0.25) is 0 Å². The first-order chi connectivity index (χ1) is 13.6. The van der Waals surface area contributed by atoms with Gasteiger partial charge in [-0.2, -0.15) is 0 Å². The molecule has 1 saturated carbocycles. The van der Waals surface area contributed by atoms with E-state index in [4.69, 9.17) is 10.3 Å². The molecule has 1 amide bonds. The summed E-state index contributed by atoms with van der Waals surface area (Å²) in [5.41, 5.74) is 12.9. The zero-order valence-electron chi connectivity index (χ0n) is 14.9. The molecule has 1 unspecified atom stereocenters. The standard InChI is InChI=1S/C20H18N4O4/c21-24-23-17-9-15(17)18(19(25)26)22-20(27)28-10-16-13-7-3-1-5-11(13)12-6-2-4-8-14(12)16/h1-8,15-18H,9-10H2,(H,22,27)(H,25,26)/t15-,17?,18+/m1/s1. The van der Waals surface area contributed by atoms with Crippen molar-refractivity contribution < 1.29 is 19.4 Å². The van der Waals surface area contributed by atoms with Gasteiger partial charge in [-0.1, -0.05) is 53.6 Å². The normalized spacial score (nSPS) is 20.3. The van der Waals surface area contributed by atoms with Crippen LogP contribution in [0.1, 0.15) is 23.5 Å². The lowest BCUT2D eigenvalue weighted by Gasteiger charge is -2.17. The fourth-order valence-electron chi connectivity index (χ4n) is 3.88. The van der Waals surface area contributed by atoms with Crippen LogP contribution in [0, 0.1) is 5.92 Å². The Kier molecular flexibility index (Phi) is 4.63. The monoisotopic (exact) mass is 378 g/mol. The highest BCUT2D eigenvalue weighted by Crippen LogP contribution is 2.44. The van der Waals surface area contributed by atoms with E-state index in [-0.39, 0.29) is 12.5 Å². The number of carbonyl (C=O) groups is 2. The van der Waals surface area contributed by atoms with Gasteiger partial charge in [-0.05, 0) is 40.1 Å². The molecule has 0 aromatic heterocycles. The molecular formula is C20H18N4O4. The third kappa shape index (κ3) is 3.25. The Balaban J connectivity index is 1.44. The van der Waals surface area contributed by atoms with Crippen LogP contribution in [0.4, 0.5) is 4.79 Å². The van der Waals surface area contributed by atoms with Crippen molar-refractivity contribution in [2.45, 2.75) is 24.4 Å². The smallest absolute Gasteiger partial charge is 0.407 e. The van der Waals surface area contributed by atoms with E-state index in [0.29, 0.717) is 6.42 Å². The van der Waals surface area contributed by atoms with Crippen LogP contribution in [0.3, 0.4) is 0 Å².